The van der Waals surface area contributed by atoms with Crippen molar-refractivity contribution in [1.29, 1.82) is 0 Å². The van der Waals surface area contributed by atoms with Crippen molar-refractivity contribution in [3.63, 3.8) is 0 Å². The summed E-state index contributed by atoms with van der Waals surface area (Å²) in [6.45, 7) is 1.42. The molecular weight excluding hydrogens is 318 g/mol. The molecule has 2 aromatic rings. The minimum atomic E-state index is -2.05. The summed E-state index contributed by atoms with van der Waals surface area (Å²) >= 11 is 0. The van der Waals surface area contributed by atoms with Crippen molar-refractivity contribution in [2.24, 2.45) is 5.92 Å². The fourth-order valence-electron chi connectivity index (χ4n) is 2.04. The average Bonchev–Trinajstić information content (AvgIpc) is 2.55. The van der Waals surface area contributed by atoms with Crippen LogP contribution in [-0.2, 0) is 4.79 Å². The summed E-state index contributed by atoms with van der Waals surface area (Å²) in [5, 5.41) is 9.00. The number of para-hydroxylation sites is 1. The number of halogens is 2. The Bertz CT molecular complexity index is 695. The maximum atomic E-state index is 12.3. The molecule has 0 bridgehead atoms. The highest BCUT2D eigenvalue weighted by Crippen LogP contribution is 2.25. The second-order valence-corrected chi connectivity index (χ2v) is 5.03. The van der Waals surface area contributed by atoms with Gasteiger partial charge in [0.15, 0.2) is 0 Å². The Morgan fingerprint density at radius 1 is 1.00 bits per heavy atom. The molecule has 126 valence electrons. The highest BCUT2D eigenvalue weighted by atomic mass is 19.3. The largest absolute Gasteiger partial charge is 0.489 e. The van der Waals surface area contributed by atoms with Crippen LogP contribution in [0.4, 0.5) is 8.78 Å². The van der Waals surface area contributed by atoms with E-state index in [-0.39, 0.29) is 0 Å². The van der Waals surface area contributed by atoms with Gasteiger partial charge in [-0.25, -0.2) is 0 Å². The second kappa shape index (κ2) is 8.10. The lowest BCUT2D eigenvalue weighted by atomic mass is 10.0. The van der Waals surface area contributed by atoms with E-state index in [4.69, 9.17) is 14.6 Å². The lowest BCUT2D eigenvalue weighted by Gasteiger charge is -2.19. The van der Waals surface area contributed by atoms with E-state index in [9.17, 15) is 13.6 Å². The Kier molecular flexibility index (Phi) is 5.89. The predicted molar refractivity (Wildman–Crippen MR) is 84.5 cm³/mol. The number of carboxylic acids is 1. The minimum absolute atomic E-state index is 0.363. The third-order valence-electron chi connectivity index (χ3n) is 3.22. The van der Waals surface area contributed by atoms with E-state index in [1.54, 1.807) is 24.3 Å². The van der Waals surface area contributed by atoms with Gasteiger partial charge in [0, 0.05) is 0 Å². The van der Waals surface area contributed by atoms with Gasteiger partial charge in [-0.05, 0) is 49.4 Å². The Balaban J connectivity index is 2.02. The van der Waals surface area contributed by atoms with Gasteiger partial charge in [0.05, 0.1) is 0 Å². The maximum absolute atomic E-state index is 12.3. The van der Waals surface area contributed by atoms with Gasteiger partial charge in [-0.15, -0.1) is 0 Å². The number of hydrogen-bond acceptors (Lipinski definition) is 3. The topological polar surface area (TPSA) is 55.8 Å². The quantitative estimate of drug-likeness (QED) is 0.795. The third kappa shape index (κ3) is 5.08. The first kappa shape index (κ1) is 17.5. The number of carbonyl (C=O) groups is 1. The van der Waals surface area contributed by atoms with Crippen LogP contribution in [-0.4, -0.2) is 17.2 Å². The van der Waals surface area contributed by atoms with Crippen molar-refractivity contribution in [1.82, 2.24) is 0 Å². The first-order valence-electron chi connectivity index (χ1n) is 7.21. The zero-order chi connectivity index (χ0) is 17.5. The number of aliphatic carboxylic acids is 1. The van der Waals surface area contributed by atoms with Crippen molar-refractivity contribution >= 4 is 5.97 Å². The SMILES string of the molecule is CC(Oc1ccc(Oc2ccccc2)cc1)C(C=C(F)F)C(=O)O. The Morgan fingerprint density at radius 2 is 1.54 bits per heavy atom. The van der Waals surface area contributed by atoms with Gasteiger partial charge in [-0.3, -0.25) is 4.79 Å². The van der Waals surface area contributed by atoms with E-state index in [2.05, 4.69) is 0 Å². The summed E-state index contributed by atoms with van der Waals surface area (Å²) in [6.07, 6.45) is -2.63. The Hall–Kier alpha value is -2.89. The molecular formula is C18H16F2O4. The maximum Gasteiger partial charge on any atom is 0.314 e. The van der Waals surface area contributed by atoms with Crippen molar-refractivity contribution in [2.75, 3.05) is 0 Å². The van der Waals surface area contributed by atoms with Gasteiger partial charge < -0.3 is 14.6 Å². The zero-order valence-electron chi connectivity index (χ0n) is 12.9. The van der Waals surface area contributed by atoms with Crippen LogP contribution in [0.15, 0.2) is 66.8 Å². The van der Waals surface area contributed by atoms with Gasteiger partial charge in [0.1, 0.15) is 29.3 Å². The van der Waals surface area contributed by atoms with Crippen LogP contribution in [0.25, 0.3) is 0 Å². The van der Waals surface area contributed by atoms with Crippen LogP contribution in [0.1, 0.15) is 6.92 Å². The van der Waals surface area contributed by atoms with E-state index < -0.39 is 24.1 Å². The lowest BCUT2D eigenvalue weighted by Crippen LogP contribution is -2.29. The van der Waals surface area contributed by atoms with Crippen LogP contribution in [0.2, 0.25) is 0 Å². The predicted octanol–water partition coefficient (Wildman–Crippen LogP) is 4.73. The molecule has 2 aromatic carbocycles. The molecule has 6 heteroatoms. The smallest absolute Gasteiger partial charge is 0.314 e. The molecule has 0 saturated carbocycles. The molecule has 2 atom stereocenters. The van der Waals surface area contributed by atoms with Gasteiger partial charge in [0.2, 0.25) is 0 Å². The van der Waals surface area contributed by atoms with Crippen LogP contribution in [0, 0.1) is 5.92 Å². The van der Waals surface area contributed by atoms with Crippen LogP contribution < -0.4 is 9.47 Å². The summed E-state index contributed by atoms with van der Waals surface area (Å²) < 4.78 is 35.7. The standard InChI is InChI=1S/C18H16F2O4/c1-12(16(18(21)22)11-17(19)20)23-14-7-9-15(10-8-14)24-13-5-3-2-4-6-13/h2-12,16H,1H3,(H,21,22). The molecule has 0 fully saturated rings. The van der Waals surface area contributed by atoms with Crippen LogP contribution in [0.3, 0.4) is 0 Å². The molecule has 0 aromatic heterocycles. The molecule has 0 amide bonds. The summed E-state index contributed by atoms with van der Waals surface area (Å²) in [4.78, 5) is 11.0. The fourth-order valence-corrected chi connectivity index (χ4v) is 2.04. The summed E-state index contributed by atoms with van der Waals surface area (Å²) in [6, 6.07) is 15.7. The fraction of sp³-hybridized carbons (Fsp3) is 0.167. The normalized spacial score (nSPS) is 12.8. The monoisotopic (exact) mass is 334 g/mol. The second-order valence-electron chi connectivity index (χ2n) is 5.03. The summed E-state index contributed by atoms with van der Waals surface area (Å²) in [5.74, 6) is -1.20. The molecule has 4 nitrogen and oxygen atoms in total. The molecule has 0 aliphatic rings. The van der Waals surface area contributed by atoms with Crippen molar-refractivity contribution in [3.8, 4) is 17.2 Å². The first-order chi connectivity index (χ1) is 11.5. The summed E-state index contributed by atoms with van der Waals surface area (Å²) in [7, 11) is 0. The lowest BCUT2D eigenvalue weighted by molar-refractivity contribution is -0.142. The van der Waals surface area contributed by atoms with Gasteiger partial charge in [-0.1, -0.05) is 18.2 Å². The average molecular weight is 334 g/mol. The van der Waals surface area contributed by atoms with Gasteiger partial charge >= 0.3 is 5.97 Å². The van der Waals surface area contributed by atoms with Crippen LogP contribution >= 0.6 is 0 Å². The van der Waals surface area contributed by atoms with Gasteiger partial charge in [0.25, 0.3) is 6.08 Å². The summed E-state index contributed by atoms with van der Waals surface area (Å²) in [5.41, 5.74) is 0. The molecule has 1 N–H and O–H groups in total. The van der Waals surface area contributed by atoms with Crippen molar-refractivity contribution < 1.29 is 28.2 Å². The van der Waals surface area contributed by atoms with Gasteiger partial charge in [-0.2, -0.15) is 8.78 Å². The molecule has 24 heavy (non-hydrogen) atoms. The Labute approximate surface area is 138 Å². The molecule has 0 aliphatic carbocycles. The van der Waals surface area contributed by atoms with E-state index in [0.29, 0.717) is 23.3 Å². The molecule has 0 heterocycles. The van der Waals surface area contributed by atoms with Crippen molar-refractivity contribution in [2.45, 2.75) is 13.0 Å². The third-order valence-corrected chi connectivity index (χ3v) is 3.22. The first-order valence-corrected chi connectivity index (χ1v) is 7.21. The number of hydrogen-bond donors (Lipinski definition) is 1. The van der Waals surface area contributed by atoms with Crippen LogP contribution in [0.5, 0.6) is 17.2 Å². The van der Waals surface area contributed by atoms with E-state index in [0.717, 1.165) is 0 Å². The number of benzene rings is 2. The molecule has 2 rings (SSSR count). The number of carboxylic acid groups (broad SMARTS) is 1. The molecule has 2 unspecified atom stereocenters. The number of rotatable bonds is 7. The molecule has 0 radical (unpaired) electrons. The van der Waals surface area contributed by atoms with E-state index >= 15 is 0 Å². The molecule has 0 aliphatic heterocycles. The highest BCUT2D eigenvalue weighted by Gasteiger charge is 2.25. The van der Waals surface area contributed by atoms with E-state index in [1.807, 2.05) is 30.3 Å². The molecule has 0 spiro atoms. The van der Waals surface area contributed by atoms with Crippen molar-refractivity contribution in [3.05, 3.63) is 66.8 Å². The highest BCUT2D eigenvalue weighted by molar-refractivity contribution is 5.73. The Morgan fingerprint density at radius 3 is 2.08 bits per heavy atom. The zero-order valence-corrected chi connectivity index (χ0v) is 12.9. The van der Waals surface area contributed by atoms with E-state index in [1.165, 1.54) is 6.92 Å². The minimum Gasteiger partial charge on any atom is -0.489 e. The molecule has 0 saturated heterocycles. The number of ether oxygens (including phenoxy) is 2.